The van der Waals surface area contributed by atoms with E-state index in [0.717, 1.165) is 5.06 Å². The zero-order valence-electron chi connectivity index (χ0n) is 14.5. The van der Waals surface area contributed by atoms with Crippen LogP contribution in [0.4, 0.5) is 11.4 Å². The van der Waals surface area contributed by atoms with Crippen LogP contribution in [0.5, 0.6) is 0 Å². The highest BCUT2D eigenvalue weighted by Gasteiger charge is 2.41. The summed E-state index contributed by atoms with van der Waals surface area (Å²) < 4.78 is 24.2. The van der Waals surface area contributed by atoms with Crippen LogP contribution in [0.15, 0.2) is 54.6 Å². The second kappa shape index (κ2) is 8.91. The molecule has 0 saturated heterocycles. The highest BCUT2D eigenvalue weighted by atomic mass is 31.2. The Hall–Kier alpha value is -2.25. The van der Waals surface area contributed by atoms with Gasteiger partial charge >= 0.3 is 7.60 Å². The molecule has 2 aromatic carbocycles. The molecule has 0 radical (unpaired) electrons. The lowest BCUT2D eigenvalue weighted by Crippen LogP contribution is -2.26. The van der Waals surface area contributed by atoms with Gasteiger partial charge in [-0.2, -0.15) is 0 Å². The maximum atomic E-state index is 13.4. The van der Waals surface area contributed by atoms with E-state index < -0.39 is 18.3 Å². The molecule has 0 fully saturated rings. The van der Waals surface area contributed by atoms with Gasteiger partial charge < -0.3 is 9.05 Å². The molecule has 0 amide bonds. The number of nitrogens with zero attached hydrogens (tertiary/aromatic N) is 2. The second-order valence-electron chi connectivity index (χ2n) is 5.28. The van der Waals surface area contributed by atoms with Crippen LogP contribution in [0.25, 0.3) is 0 Å². The Morgan fingerprint density at radius 1 is 1.08 bits per heavy atom. The van der Waals surface area contributed by atoms with Gasteiger partial charge in [0.2, 0.25) is 0 Å². The molecule has 0 bridgehead atoms. The van der Waals surface area contributed by atoms with Gasteiger partial charge in [0.1, 0.15) is 0 Å². The molecular weight excluding hydrogens is 359 g/mol. The van der Waals surface area contributed by atoms with Crippen LogP contribution >= 0.6 is 7.60 Å². The molecule has 0 heterocycles. The molecule has 0 aliphatic carbocycles. The lowest BCUT2D eigenvalue weighted by molar-refractivity contribution is -0.384. The van der Waals surface area contributed by atoms with Crippen molar-refractivity contribution < 1.29 is 23.7 Å². The largest absolute Gasteiger partial charge is 0.359 e. The summed E-state index contributed by atoms with van der Waals surface area (Å²) in [5, 5.41) is 22.5. The zero-order chi connectivity index (χ0) is 19.2. The summed E-state index contributed by atoms with van der Waals surface area (Å²) >= 11 is 0. The smallest absolute Gasteiger partial charge is 0.307 e. The van der Waals surface area contributed by atoms with E-state index >= 15 is 0 Å². The number of anilines is 1. The van der Waals surface area contributed by atoms with Crippen molar-refractivity contribution in [3.05, 3.63) is 70.3 Å². The predicted octanol–water partition coefficient (Wildman–Crippen LogP) is 4.76. The zero-order valence-corrected chi connectivity index (χ0v) is 15.4. The molecule has 0 saturated carbocycles. The third-order valence-corrected chi connectivity index (χ3v) is 5.92. The molecule has 26 heavy (non-hydrogen) atoms. The first-order chi connectivity index (χ1) is 12.4. The van der Waals surface area contributed by atoms with E-state index in [4.69, 9.17) is 9.05 Å². The van der Waals surface area contributed by atoms with Crippen molar-refractivity contribution in [2.75, 3.05) is 18.3 Å². The number of para-hydroxylation sites is 1. The summed E-state index contributed by atoms with van der Waals surface area (Å²) in [6.45, 7) is 3.57. The number of hydrogen-bond donors (Lipinski definition) is 1. The van der Waals surface area contributed by atoms with E-state index in [1.165, 1.54) is 24.3 Å². The predicted molar refractivity (Wildman–Crippen MR) is 97.4 cm³/mol. The maximum absolute atomic E-state index is 13.4. The van der Waals surface area contributed by atoms with Gasteiger partial charge in [-0.15, -0.1) is 0 Å². The first-order valence-electron chi connectivity index (χ1n) is 8.09. The van der Waals surface area contributed by atoms with Crippen molar-refractivity contribution in [1.82, 2.24) is 0 Å². The fourth-order valence-corrected chi connectivity index (χ4v) is 4.50. The van der Waals surface area contributed by atoms with E-state index in [-0.39, 0.29) is 18.9 Å². The molecule has 140 valence electrons. The molecule has 1 unspecified atom stereocenters. The van der Waals surface area contributed by atoms with E-state index in [9.17, 15) is 19.9 Å². The van der Waals surface area contributed by atoms with E-state index in [0.29, 0.717) is 11.3 Å². The summed E-state index contributed by atoms with van der Waals surface area (Å²) in [5.41, 5.74) is 0.641. The monoisotopic (exact) mass is 380 g/mol. The van der Waals surface area contributed by atoms with E-state index in [1.807, 2.05) is 0 Å². The summed E-state index contributed by atoms with van der Waals surface area (Å²) in [7, 11) is -3.81. The molecule has 2 rings (SSSR count). The van der Waals surface area contributed by atoms with Gasteiger partial charge in [-0.25, -0.2) is 5.06 Å². The highest BCUT2D eigenvalue weighted by molar-refractivity contribution is 7.54. The Labute approximate surface area is 151 Å². The quantitative estimate of drug-likeness (QED) is 0.380. The van der Waals surface area contributed by atoms with Gasteiger partial charge in [0.05, 0.1) is 23.8 Å². The van der Waals surface area contributed by atoms with Crippen molar-refractivity contribution in [2.45, 2.75) is 19.6 Å². The highest BCUT2D eigenvalue weighted by Crippen LogP contribution is 2.62. The van der Waals surface area contributed by atoms with Gasteiger partial charge in [-0.1, -0.05) is 18.2 Å². The summed E-state index contributed by atoms with van der Waals surface area (Å²) in [4.78, 5) is 10.4. The summed E-state index contributed by atoms with van der Waals surface area (Å²) in [6.07, 6.45) is 0. The lowest BCUT2D eigenvalue weighted by Gasteiger charge is -2.33. The molecule has 0 aliphatic rings. The number of hydroxylamine groups is 1. The van der Waals surface area contributed by atoms with Crippen molar-refractivity contribution in [3.8, 4) is 0 Å². The number of nitro groups is 1. The molecule has 1 N–H and O–H groups in total. The molecule has 2 aromatic rings. The van der Waals surface area contributed by atoms with Crippen molar-refractivity contribution in [3.63, 3.8) is 0 Å². The Balaban J connectivity index is 2.53. The minimum atomic E-state index is -3.81. The molecular formula is C17H21N2O6P. The van der Waals surface area contributed by atoms with Gasteiger partial charge in [0, 0.05) is 12.1 Å². The molecule has 0 spiro atoms. The third kappa shape index (κ3) is 4.47. The van der Waals surface area contributed by atoms with Crippen LogP contribution in [-0.4, -0.2) is 23.3 Å². The number of hydrogen-bond acceptors (Lipinski definition) is 7. The number of non-ortho nitro benzene ring substituents is 1. The van der Waals surface area contributed by atoms with Crippen LogP contribution < -0.4 is 5.06 Å². The summed E-state index contributed by atoms with van der Waals surface area (Å²) in [6, 6.07) is 13.9. The Bertz CT molecular complexity index is 759. The fourth-order valence-electron chi connectivity index (χ4n) is 2.49. The van der Waals surface area contributed by atoms with E-state index in [1.54, 1.807) is 44.2 Å². The molecule has 9 heteroatoms. The van der Waals surface area contributed by atoms with Crippen LogP contribution in [0.3, 0.4) is 0 Å². The SMILES string of the molecule is CCOP(=O)(OCC)C(c1ccc([N+](=O)[O-])cc1)N(O)c1ccccc1. The van der Waals surface area contributed by atoms with Crippen molar-refractivity contribution in [2.24, 2.45) is 0 Å². The van der Waals surface area contributed by atoms with Crippen molar-refractivity contribution in [1.29, 1.82) is 0 Å². The summed E-state index contributed by atoms with van der Waals surface area (Å²) in [5.74, 6) is -1.18. The van der Waals surface area contributed by atoms with Gasteiger partial charge in [-0.05, 0) is 43.7 Å². The van der Waals surface area contributed by atoms with Crippen LogP contribution in [-0.2, 0) is 13.6 Å². The average molecular weight is 380 g/mol. The Morgan fingerprint density at radius 2 is 1.62 bits per heavy atom. The fraction of sp³-hybridized carbons (Fsp3) is 0.294. The number of rotatable bonds is 9. The second-order valence-corrected chi connectivity index (χ2v) is 7.36. The normalized spacial score (nSPS) is 12.6. The van der Waals surface area contributed by atoms with Crippen molar-refractivity contribution >= 4 is 19.0 Å². The third-order valence-electron chi connectivity index (χ3n) is 3.57. The average Bonchev–Trinajstić information content (AvgIpc) is 2.63. The topological polar surface area (TPSA) is 102 Å². The molecule has 1 atom stereocenters. The number of benzene rings is 2. The first kappa shape index (κ1) is 20.1. The van der Waals surface area contributed by atoms with Gasteiger partial charge in [0.15, 0.2) is 5.78 Å². The molecule has 8 nitrogen and oxygen atoms in total. The molecule has 0 aromatic heterocycles. The number of nitro benzene ring substituents is 1. The Kier molecular flexibility index (Phi) is 6.88. The van der Waals surface area contributed by atoms with Crippen LogP contribution in [0.1, 0.15) is 25.2 Å². The minimum Gasteiger partial charge on any atom is -0.307 e. The van der Waals surface area contributed by atoms with Gasteiger partial charge in [-0.3, -0.25) is 19.9 Å². The van der Waals surface area contributed by atoms with Crippen LogP contribution in [0, 0.1) is 10.1 Å². The standard InChI is InChI=1S/C17H21N2O6P/c1-3-24-26(23,25-4-2)17(18(20)15-8-6-5-7-9-15)14-10-12-16(13-11-14)19(21)22/h5-13,17,20H,3-4H2,1-2H3. The van der Waals surface area contributed by atoms with Crippen LogP contribution in [0.2, 0.25) is 0 Å². The lowest BCUT2D eigenvalue weighted by atomic mass is 10.2. The Morgan fingerprint density at radius 3 is 2.08 bits per heavy atom. The first-order valence-corrected chi connectivity index (χ1v) is 9.70. The maximum Gasteiger partial charge on any atom is 0.359 e. The van der Waals surface area contributed by atoms with E-state index in [2.05, 4.69) is 0 Å². The van der Waals surface area contributed by atoms with Gasteiger partial charge in [0.25, 0.3) is 5.69 Å². The molecule has 0 aliphatic heterocycles. The minimum absolute atomic E-state index is 0.112.